The minimum atomic E-state index is 0.456. The standard InChI is InChI=1S/C11H8Br2N2O2/c1-16-7-2-4-8(5-3-7)17-10-9(12)6-14-11(13)15-10/h2-6H,1H3. The van der Waals surface area contributed by atoms with Gasteiger partial charge in [0.05, 0.1) is 11.6 Å². The molecule has 0 spiro atoms. The van der Waals surface area contributed by atoms with Crippen LogP contribution in [-0.2, 0) is 0 Å². The van der Waals surface area contributed by atoms with E-state index in [9.17, 15) is 0 Å². The summed E-state index contributed by atoms with van der Waals surface area (Å²) in [7, 11) is 1.62. The molecule has 0 aliphatic rings. The first-order chi connectivity index (χ1) is 8.19. The molecule has 1 aromatic heterocycles. The molecule has 0 bridgehead atoms. The number of hydrogen-bond acceptors (Lipinski definition) is 4. The Kier molecular flexibility index (Phi) is 3.96. The van der Waals surface area contributed by atoms with Gasteiger partial charge in [-0.2, -0.15) is 4.98 Å². The van der Waals surface area contributed by atoms with Crippen LogP contribution in [0, 0.1) is 0 Å². The number of methoxy groups -OCH3 is 1. The maximum atomic E-state index is 5.61. The molecular weight excluding hydrogens is 352 g/mol. The van der Waals surface area contributed by atoms with Crippen molar-refractivity contribution in [1.29, 1.82) is 0 Å². The molecule has 88 valence electrons. The lowest BCUT2D eigenvalue weighted by Gasteiger charge is -2.07. The van der Waals surface area contributed by atoms with Crippen molar-refractivity contribution >= 4 is 31.9 Å². The molecule has 0 unspecified atom stereocenters. The van der Waals surface area contributed by atoms with Gasteiger partial charge in [0.1, 0.15) is 11.5 Å². The summed E-state index contributed by atoms with van der Waals surface area (Å²) >= 11 is 6.51. The van der Waals surface area contributed by atoms with Crippen LogP contribution in [-0.4, -0.2) is 17.1 Å². The molecule has 0 amide bonds. The Morgan fingerprint density at radius 1 is 1.06 bits per heavy atom. The van der Waals surface area contributed by atoms with E-state index < -0.39 is 0 Å². The molecule has 4 nitrogen and oxygen atoms in total. The SMILES string of the molecule is COc1ccc(Oc2nc(Br)ncc2Br)cc1. The van der Waals surface area contributed by atoms with Crippen molar-refractivity contribution in [1.82, 2.24) is 9.97 Å². The van der Waals surface area contributed by atoms with Gasteiger partial charge in [0, 0.05) is 6.20 Å². The third-order valence-electron chi connectivity index (χ3n) is 1.96. The molecular formula is C11H8Br2N2O2. The van der Waals surface area contributed by atoms with Gasteiger partial charge in [-0.1, -0.05) is 0 Å². The van der Waals surface area contributed by atoms with E-state index in [1.807, 2.05) is 12.1 Å². The number of ether oxygens (including phenoxy) is 2. The number of halogens is 2. The van der Waals surface area contributed by atoms with Crippen molar-refractivity contribution in [3.05, 3.63) is 39.7 Å². The van der Waals surface area contributed by atoms with E-state index in [4.69, 9.17) is 9.47 Å². The van der Waals surface area contributed by atoms with E-state index in [0.717, 1.165) is 5.75 Å². The summed E-state index contributed by atoms with van der Waals surface area (Å²) in [6.07, 6.45) is 1.62. The minimum absolute atomic E-state index is 0.456. The van der Waals surface area contributed by atoms with Crippen molar-refractivity contribution in [2.75, 3.05) is 7.11 Å². The number of aromatic nitrogens is 2. The van der Waals surface area contributed by atoms with Gasteiger partial charge in [-0.25, -0.2) is 4.98 Å². The highest BCUT2D eigenvalue weighted by Gasteiger charge is 2.06. The molecule has 0 aliphatic carbocycles. The van der Waals surface area contributed by atoms with Crippen molar-refractivity contribution < 1.29 is 9.47 Å². The van der Waals surface area contributed by atoms with Crippen LogP contribution in [0.25, 0.3) is 0 Å². The molecule has 2 rings (SSSR count). The Balaban J connectivity index is 2.22. The third kappa shape index (κ3) is 3.17. The van der Waals surface area contributed by atoms with Crippen LogP contribution >= 0.6 is 31.9 Å². The van der Waals surface area contributed by atoms with E-state index >= 15 is 0 Å². The summed E-state index contributed by atoms with van der Waals surface area (Å²) < 4.78 is 11.8. The Bertz CT molecular complexity index is 517. The fraction of sp³-hybridized carbons (Fsp3) is 0.0909. The van der Waals surface area contributed by atoms with E-state index in [2.05, 4.69) is 41.8 Å². The van der Waals surface area contributed by atoms with Crippen molar-refractivity contribution in [2.45, 2.75) is 0 Å². The summed E-state index contributed by atoms with van der Waals surface area (Å²) in [5, 5.41) is 0. The van der Waals surface area contributed by atoms with Crippen LogP contribution in [0.4, 0.5) is 0 Å². The summed E-state index contributed by atoms with van der Waals surface area (Å²) in [5.41, 5.74) is 0. The second kappa shape index (κ2) is 5.46. The minimum Gasteiger partial charge on any atom is -0.497 e. The zero-order valence-electron chi connectivity index (χ0n) is 8.85. The lowest BCUT2D eigenvalue weighted by atomic mass is 10.3. The van der Waals surface area contributed by atoms with Crippen molar-refractivity contribution in [2.24, 2.45) is 0 Å². The Morgan fingerprint density at radius 3 is 2.35 bits per heavy atom. The first kappa shape index (κ1) is 12.3. The lowest BCUT2D eigenvalue weighted by Crippen LogP contribution is -1.92. The number of rotatable bonds is 3. The summed E-state index contributed by atoms with van der Waals surface area (Å²) in [5.74, 6) is 1.91. The average Bonchev–Trinajstić information content (AvgIpc) is 2.35. The molecule has 2 aromatic rings. The normalized spacial score (nSPS) is 10.1. The highest BCUT2D eigenvalue weighted by atomic mass is 79.9. The quantitative estimate of drug-likeness (QED) is 0.782. The van der Waals surface area contributed by atoms with Gasteiger partial charge in [0.2, 0.25) is 5.88 Å². The monoisotopic (exact) mass is 358 g/mol. The van der Waals surface area contributed by atoms with Gasteiger partial charge >= 0.3 is 0 Å². The zero-order valence-corrected chi connectivity index (χ0v) is 12.0. The highest BCUT2D eigenvalue weighted by molar-refractivity contribution is 9.11. The molecule has 6 heteroatoms. The predicted molar refractivity (Wildman–Crippen MR) is 70.5 cm³/mol. The molecule has 0 N–H and O–H groups in total. The zero-order chi connectivity index (χ0) is 12.3. The highest BCUT2D eigenvalue weighted by Crippen LogP contribution is 2.28. The number of benzene rings is 1. The van der Waals surface area contributed by atoms with Crippen LogP contribution < -0.4 is 9.47 Å². The van der Waals surface area contributed by atoms with Crippen LogP contribution in [0.1, 0.15) is 0 Å². The molecule has 0 saturated carbocycles. The Labute approximate surface area is 115 Å². The average molecular weight is 360 g/mol. The molecule has 0 radical (unpaired) electrons. The first-order valence-electron chi connectivity index (χ1n) is 4.69. The van der Waals surface area contributed by atoms with Gasteiger partial charge in [-0.3, -0.25) is 0 Å². The number of nitrogens with zero attached hydrogens (tertiary/aromatic N) is 2. The van der Waals surface area contributed by atoms with Crippen LogP contribution in [0.2, 0.25) is 0 Å². The van der Waals surface area contributed by atoms with Crippen LogP contribution in [0.5, 0.6) is 17.4 Å². The maximum absolute atomic E-state index is 5.61. The van der Waals surface area contributed by atoms with Crippen molar-refractivity contribution in [3.63, 3.8) is 0 Å². The van der Waals surface area contributed by atoms with E-state index in [1.54, 1.807) is 25.4 Å². The van der Waals surface area contributed by atoms with Gasteiger partial charge in [0.15, 0.2) is 4.73 Å². The summed E-state index contributed by atoms with van der Waals surface area (Å²) in [6, 6.07) is 7.25. The Morgan fingerprint density at radius 2 is 1.71 bits per heavy atom. The van der Waals surface area contributed by atoms with Crippen molar-refractivity contribution in [3.8, 4) is 17.4 Å². The van der Waals surface area contributed by atoms with E-state index in [-0.39, 0.29) is 0 Å². The largest absolute Gasteiger partial charge is 0.497 e. The second-order valence-electron chi connectivity index (χ2n) is 3.07. The maximum Gasteiger partial charge on any atom is 0.237 e. The van der Waals surface area contributed by atoms with E-state index in [1.165, 1.54) is 0 Å². The van der Waals surface area contributed by atoms with Gasteiger partial charge in [-0.05, 0) is 56.1 Å². The van der Waals surface area contributed by atoms with Gasteiger partial charge in [0.25, 0.3) is 0 Å². The van der Waals surface area contributed by atoms with Crippen LogP contribution in [0.3, 0.4) is 0 Å². The van der Waals surface area contributed by atoms with Crippen LogP contribution in [0.15, 0.2) is 39.7 Å². The molecule has 0 fully saturated rings. The first-order valence-corrected chi connectivity index (χ1v) is 6.27. The molecule has 1 aromatic carbocycles. The molecule has 0 aliphatic heterocycles. The van der Waals surface area contributed by atoms with Gasteiger partial charge < -0.3 is 9.47 Å². The predicted octanol–water partition coefficient (Wildman–Crippen LogP) is 3.80. The topological polar surface area (TPSA) is 44.2 Å². The van der Waals surface area contributed by atoms with E-state index in [0.29, 0.717) is 20.8 Å². The fourth-order valence-electron chi connectivity index (χ4n) is 1.16. The molecule has 17 heavy (non-hydrogen) atoms. The Hall–Kier alpha value is -1.14. The molecule has 0 saturated heterocycles. The van der Waals surface area contributed by atoms with Gasteiger partial charge in [-0.15, -0.1) is 0 Å². The molecule has 0 atom stereocenters. The summed E-state index contributed by atoms with van der Waals surface area (Å²) in [6.45, 7) is 0. The second-order valence-corrected chi connectivity index (χ2v) is 4.63. The lowest BCUT2D eigenvalue weighted by molar-refractivity contribution is 0.412. The fourth-order valence-corrected chi connectivity index (χ4v) is 1.69. The smallest absolute Gasteiger partial charge is 0.237 e. The third-order valence-corrected chi connectivity index (χ3v) is 2.88. The molecule has 1 heterocycles. The number of hydrogen-bond donors (Lipinski definition) is 0. The summed E-state index contributed by atoms with van der Waals surface area (Å²) in [4.78, 5) is 8.08.